The van der Waals surface area contributed by atoms with E-state index in [1.807, 2.05) is 37.3 Å². The van der Waals surface area contributed by atoms with Crippen molar-refractivity contribution in [1.29, 1.82) is 0 Å². The Morgan fingerprint density at radius 1 is 1.09 bits per heavy atom. The molecule has 0 aliphatic heterocycles. The van der Waals surface area contributed by atoms with Crippen molar-refractivity contribution in [3.63, 3.8) is 0 Å². The maximum Gasteiger partial charge on any atom is 0.340 e. The SMILES string of the molecule is Cc1c(Cc2ccccc2)c(=O)oc2cc(OCC(=O)c3cccc([N+](=O)[O-])c3)c(Cl)cc12. The predicted octanol–water partition coefficient (Wildman–Crippen LogP) is 5.52. The Morgan fingerprint density at radius 3 is 2.58 bits per heavy atom. The predicted molar refractivity (Wildman–Crippen MR) is 124 cm³/mol. The lowest BCUT2D eigenvalue weighted by molar-refractivity contribution is -0.384. The van der Waals surface area contributed by atoms with Crippen LogP contribution >= 0.6 is 11.6 Å². The highest BCUT2D eigenvalue weighted by atomic mass is 35.5. The first-order chi connectivity index (χ1) is 15.8. The molecule has 3 aromatic carbocycles. The number of rotatable bonds is 7. The summed E-state index contributed by atoms with van der Waals surface area (Å²) in [4.78, 5) is 35.4. The highest BCUT2D eigenvalue weighted by Gasteiger charge is 2.17. The minimum Gasteiger partial charge on any atom is -0.484 e. The Hall–Kier alpha value is -3.97. The second-order valence-corrected chi connectivity index (χ2v) is 7.86. The van der Waals surface area contributed by atoms with Crippen LogP contribution in [0.2, 0.25) is 5.02 Å². The molecule has 0 amide bonds. The third kappa shape index (κ3) is 4.78. The van der Waals surface area contributed by atoms with Gasteiger partial charge in [-0.15, -0.1) is 0 Å². The number of ether oxygens (including phenoxy) is 1. The number of aryl methyl sites for hydroxylation is 1. The molecule has 0 unspecified atom stereocenters. The summed E-state index contributed by atoms with van der Waals surface area (Å²) in [7, 11) is 0. The summed E-state index contributed by atoms with van der Waals surface area (Å²) < 4.78 is 11.1. The first-order valence-electron chi connectivity index (χ1n) is 10.0. The second kappa shape index (κ2) is 9.26. The molecule has 0 saturated carbocycles. The normalized spacial score (nSPS) is 10.8. The number of nitro groups is 1. The molecule has 0 bridgehead atoms. The van der Waals surface area contributed by atoms with Crippen molar-refractivity contribution >= 4 is 34.0 Å². The lowest BCUT2D eigenvalue weighted by atomic mass is 9.99. The molecular weight excluding hydrogens is 446 g/mol. The van der Waals surface area contributed by atoms with Gasteiger partial charge in [0.25, 0.3) is 5.69 Å². The molecule has 0 atom stereocenters. The number of Topliss-reactive ketones (excluding diaryl/α,β-unsaturated/α-hetero) is 1. The van der Waals surface area contributed by atoms with Gasteiger partial charge in [-0.3, -0.25) is 14.9 Å². The number of hydrogen-bond acceptors (Lipinski definition) is 6. The van der Waals surface area contributed by atoms with Crippen LogP contribution < -0.4 is 10.4 Å². The smallest absolute Gasteiger partial charge is 0.340 e. The maximum absolute atomic E-state index is 12.6. The molecular formula is C25H18ClNO6. The minimum absolute atomic E-state index is 0.147. The fourth-order valence-corrected chi connectivity index (χ4v) is 3.74. The topological polar surface area (TPSA) is 99.7 Å². The number of fused-ring (bicyclic) bond motifs is 1. The van der Waals surface area contributed by atoms with Gasteiger partial charge in [0.2, 0.25) is 0 Å². The summed E-state index contributed by atoms with van der Waals surface area (Å²) in [6, 6.07) is 18.1. The van der Waals surface area contributed by atoms with Gasteiger partial charge in [-0.1, -0.05) is 54.1 Å². The molecule has 4 aromatic rings. The largest absolute Gasteiger partial charge is 0.484 e. The maximum atomic E-state index is 12.6. The zero-order valence-electron chi connectivity index (χ0n) is 17.5. The van der Waals surface area contributed by atoms with E-state index in [0.717, 1.165) is 11.1 Å². The number of carbonyl (C=O) groups is 1. The van der Waals surface area contributed by atoms with E-state index in [9.17, 15) is 19.7 Å². The molecule has 0 saturated heterocycles. The fraction of sp³-hybridized carbons (Fsp3) is 0.120. The van der Waals surface area contributed by atoms with Crippen LogP contribution in [0.25, 0.3) is 11.0 Å². The molecule has 166 valence electrons. The quantitative estimate of drug-likeness (QED) is 0.155. The van der Waals surface area contributed by atoms with Crippen molar-refractivity contribution in [3.8, 4) is 5.75 Å². The number of ketones is 1. The van der Waals surface area contributed by atoms with E-state index in [2.05, 4.69) is 0 Å². The van der Waals surface area contributed by atoms with Gasteiger partial charge in [-0.05, 0) is 24.1 Å². The summed E-state index contributed by atoms with van der Waals surface area (Å²) in [5.41, 5.74) is 2.08. The molecule has 0 fully saturated rings. The van der Waals surface area contributed by atoms with Crippen LogP contribution in [-0.2, 0) is 6.42 Å². The van der Waals surface area contributed by atoms with Crippen LogP contribution in [0.5, 0.6) is 5.75 Å². The van der Waals surface area contributed by atoms with Crippen LogP contribution in [-0.4, -0.2) is 17.3 Å². The van der Waals surface area contributed by atoms with Gasteiger partial charge in [-0.25, -0.2) is 4.79 Å². The summed E-state index contributed by atoms with van der Waals surface area (Å²) in [5.74, 6) is -0.285. The first kappa shape index (κ1) is 22.2. The van der Waals surface area contributed by atoms with E-state index >= 15 is 0 Å². The molecule has 1 aromatic heterocycles. The van der Waals surface area contributed by atoms with Crippen molar-refractivity contribution in [3.05, 3.63) is 115 Å². The Labute approximate surface area is 193 Å². The van der Waals surface area contributed by atoms with E-state index in [-0.39, 0.29) is 34.2 Å². The Bertz CT molecular complexity index is 1430. The van der Waals surface area contributed by atoms with Gasteiger partial charge in [0, 0.05) is 41.1 Å². The summed E-state index contributed by atoms with van der Waals surface area (Å²) in [6.45, 7) is 1.45. The lowest BCUT2D eigenvalue weighted by Crippen LogP contribution is -2.13. The number of halogens is 1. The van der Waals surface area contributed by atoms with Gasteiger partial charge in [0.05, 0.1) is 9.95 Å². The van der Waals surface area contributed by atoms with Crippen LogP contribution in [0.15, 0.2) is 75.9 Å². The van der Waals surface area contributed by atoms with Gasteiger partial charge in [0.15, 0.2) is 12.4 Å². The van der Waals surface area contributed by atoms with Crippen molar-refractivity contribution in [2.75, 3.05) is 6.61 Å². The van der Waals surface area contributed by atoms with Crippen molar-refractivity contribution in [2.24, 2.45) is 0 Å². The van der Waals surface area contributed by atoms with E-state index < -0.39 is 16.3 Å². The summed E-state index contributed by atoms with van der Waals surface area (Å²) in [5, 5.41) is 11.8. The number of benzene rings is 3. The molecule has 1 heterocycles. The van der Waals surface area contributed by atoms with E-state index in [1.165, 1.54) is 30.3 Å². The van der Waals surface area contributed by atoms with Crippen molar-refractivity contribution in [2.45, 2.75) is 13.3 Å². The highest BCUT2D eigenvalue weighted by Crippen LogP contribution is 2.32. The fourth-order valence-electron chi connectivity index (χ4n) is 3.52. The van der Waals surface area contributed by atoms with Crippen LogP contribution in [0.1, 0.15) is 27.0 Å². The molecule has 0 spiro atoms. The molecule has 0 aliphatic rings. The van der Waals surface area contributed by atoms with E-state index in [1.54, 1.807) is 6.07 Å². The van der Waals surface area contributed by atoms with Crippen LogP contribution in [0.4, 0.5) is 5.69 Å². The molecule has 7 nitrogen and oxygen atoms in total. The van der Waals surface area contributed by atoms with Gasteiger partial charge in [0.1, 0.15) is 11.3 Å². The average Bonchev–Trinajstić information content (AvgIpc) is 2.81. The third-order valence-corrected chi connectivity index (χ3v) is 5.60. The van der Waals surface area contributed by atoms with Crippen molar-refractivity contribution < 1.29 is 18.9 Å². The zero-order chi connectivity index (χ0) is 23.5. The number of hydrogen-bond donors (Lipinski definition) is 0. The van der Waals surface area contributed by atoms with Gasteiger partial charge < -0.3 is 9.15 Å². The molecule has 0 radical (unpaired) electrons. The number of non-ortho nitro benzene ring substituents is 1. The first-order valence-corrected chi connectivity index (χ1v) is 10.4. The molecule has 4 rings (SSSR count). The monoisotopic (exact) mass is 463 g/mol. The van der Waals surface area contributed by atoms with Crippen LogP contribution in [0.3, 0.4) is 0 Å². The number of nitrogens with zero attached hydrogens (tertiary/aromatic N) is 1. The minimum atomic E-state index is -0.575. The highest BCUT2D eigenvalue weighted by molar-refractivity contribution is 6.32. The summed E-state index contributed by atoms with van der Waals surface area (Å²) in [6.07, 6.45) is 0.429. The third-order valence-electron chi connectivity index (χ3n) is 5.30. The van der Waals surface area contributed by atoms with Crippen molar-refractivity contribution in [1.82, 2.24) is 0 Å². The van der Waals surface area contributed by atoms with E-state index in [0.29, 0.717) is 17.4 Å². The number of carbonyl (C=O) groups excluding carboxylic acids is 1. The lowest BCUT2D eigenvalue weighted by Gasteiger charge is -2.12. The number of nitro benzene ring substituents is 1. The molecule has 8 heteroatoms. The molecule has 33 heavy (non-hydrogen) atoms. The van der Waals surface area contributed by atoms with Crippen LogP contribution in [0, 0.1) is 17.0 Å². The molecule has 0 N–H and O–H groups in total. The standard InChI is InChI=1S/C25H18ClNO6/c1-15-19-12-21(26)24(32-14-22(28)17-8-5-9-18(11-17)27(30)31)13-23(19)33-25(29)20(15)10-16-6-3-2-4-7-16/h2-9,11-13H,10,14H2,1H3. The molecule has 0 aliphatic carbocycles. The zero-order valence-corrected chi connectivity index (χ0v) is 18.3. The average molecular weight is 464 g/mol. The summed E-state index contributed by atoms with van der Waals surface area (Å²) >= 11 is 6.38. The Balaban J connectivity index is 1.59. The second-order valence-electron chi connectivity index (χ2n) is 7.45. The Kier molecular flexibility index (Phi) is 6.24. The van der Waals surface area contributed by atoms with Gasteiger partial charge in [-0.2, -0.15) is 0 Å². The van der Waals surface area contributed by atoms with E-state index in [4.69, 9.17) is 20.8 Å². The van der Waals surface area contributed by atoms with Gasteiger partial charge >= 0.3 is 5.63 Å². The Morgan fingerprint density at radius 2 is 1.85 bits per heavy atom.